The van der Waals surface area contributed by atoms with E-state index in [1.54, 1.807) is 31.4 Å². The van der Waals surface area contributed by atoms with Crippen LogP contribution in [0.5, 0.6) is 5.75 Å². The highest BCUT2D eigenvalue weighted by molar-refractivity contribution is 5.89. The molecule has 2 heterocycles. The first-order valence-electron chi connectivity index (χ1n) is 10.5. The molecule has 3 unspecified atom stereocenters. The van der Waals surface area contributed by atoms with Gasteiger partial charge >= 0.3 is 5.97 Å². The van der Waals surface area contributed by atoms with E-state index in [0.29, 0.717) is 17.9 Å². The summed E-state index contributed by atoms with van der Waals surface area (Å²) in [5.74, 6) is 0.343. The first-order chi connectivity index (χ1) is 15.5. The topological polar surface area (TPSA) is 109 Å². The summed E-state index contributed by atoms with van der Waals surface area (Å²) in [6.07, 6.45) is -2.67. The highest BCUT2D eigenvalue weighted by atomic mass is 16.7. The van der Waals surface area contributed by atoms with E-state index >= 15 is 0 Å². The average molecular weight is 438 g/mol. The average Bonchev–Trinajstić information content (AvgIpc) is 3.28. The van der Waals surface area contributed by atoms with E-state index in [4.69, 9.17) is 14.2 Å². The lowest BCUT2D eigenvalue weighted by molar-refractivity contribution is -0.253. The van der Waals surface area contributed by atoms with Crippen LogP contribution in [-0.2, 0) is 16.0 Å². The van der Waals surface area contributed by atoms with Crippen LogP contribution in [0, 0.1) is 11.8 Å². The maximum Gasteiger partial charge on any atom is 0.338 e. The van der Waals surface area contributed by atoms with Crippen LogP contribution < -0.4 is 4.74 Å². The van der Waals surface area contributed by atoms with E-state index in [-0.39, 0.29) is 11.8 Å². The van der Waals surface area contributed by atoms with E-state index < -0.39 is 24.5 Å². The number of hydrogen-bond donors (Lipinski definition) is 1. The van der Waals surface area contributed by atoms with Gasteiger partial charge in [0.2, 0.25) is 5.82 Å². The summed E-state index contributed by atoms with van der Waals surface area (Å²) in [6, 6.07) is 16.3. The van der Waals surface area contributed by atoms with Gasteiger partial charge in [0.05, 0.1) is 19.2 Å². The molecule has 1 N–H and O–H groups in total. The van der Waals surface area contributed by atoms with Crippen molar-refractivity contribution in [1.82, 2.24) is 20.2 Å². The number of methoxy groups -OCH3 is 1. The molecule has 1 saturated heterocycles. The van der Waals surface area contributed by atoms with Crippen molar-refractivity contribution < 1.29 is 24.1 Å². The molecule has 0 radical (unpaired) electrons. The Morgan fingerprint density at radius 1 is 1.09 bits per heavy atom. The van der Waals surface area contributed by atoms with E-state index in [2.05, 4.69) is 15.4 Å². The molecule has 1 aromatic heterocycles. The summed E-state index contributed by atoms with van der Waals surface area (Å²) in [7, 11) is 1.62. The second kappa shape index (κ2) is 9.46. The molecule has 4 rings (SSSR count). The Balaban J connectivity index is 1.43. The Hall–Kier alpha value is -3.30. The van der Waals surface area contributed by atoms with Crippen LogP contribution in [0.3, 0.4) is 0 Å². The fraction of sp³-hybridized carbons (Fsp3) is 0.391. The molecule has 1 aliphatic heterocycles. The maximum atomic E-state index is 12.4. The number of benzene rings is 2. The van der Waals surface area contributed by atoms with Gasteiger partial charge < -0.3 is 19.3 Å². The zero-order valence-corrected chi connectivity index (χ0v) is 18.2. The molecule has 0 bridgehead atoms. The lowest BCUT2D eigenvalue weighted by atomic mass is 9.83. The standard InChI is InChI=1S/C23H26N4O5/c1-14-15(2)20(32-22(28)17-7-5-4-6-8-17)23(29)31-19(14)21-24-26-27(25-21)13-16-9-11-18(30-3)12-10-16/h4-12,14-15,19-20,23,29H,13H2,1-3H3/t14-,15+,19?,20?,23?/m1/s1. The Morgan fingerprint density at radius 3 is 2.50 bits per heavy atom. The molecule has 1 aliphatic rings. The van der Waals surface area contributed by atoms with Crippen molar-refractivity contribution >= 4 is 5.97 Å². The van der Waals surface area contributed by atoms with Gasteiger partial charge in [-0.15, -0.1) is 10.2 Å². The van der Waals surface area contributed by atoms with E-state index in [1.807, 2.05) is 44.2 Å². The third-order valence-electron chi connectivity index (χ3n) is 5.85. The van der Waals surface area contributed by atoms with Crippen LogP contribution in [0.25, 0.3) is 0 Å². The number of ether oxygens (including phenoxy) is 3. The molecule has 168 valence electrons. The number of aliphatic hydroxyl groups is 1. The summed E-state index contributed by atoms with van der Waals surface area (Å²) in [5, 5.41) is 23.3. The summed E-state index contributed by atoms with van der Waals surface area (Å²) >= 11 is 0. The van der Waals surface area contributed by atoms with Crippen molar-refractivity contribution in [1.29, 1.82) is 0 Å². The highest BCUT2D eigenvalue weighted by Gasteiger charge is 2.45. The molecule has 0 saturated carbocycles. The summed E-state index contributed by atoms with van der Waals surface area (Å²) in [6.45, 7) is 4.30. The number of tetrazole rings is 1. The van der Waals surface area contributed by atoms with Gasteiger partial charge in [0.15, 0.2) is 12.4 Å². The molecule has 0 aliphatic carbocycles. The second-order valence-electron chi connectivity index (χ2n) is 7.93. The van der Waals surface area contributed by atoms with Crippen LogP contribution in [0.1, 0.15) is 41.7 Å². The minimum absolute atomic E-state index is 0.120. The zero-order chi connectivity index (χ0) is 22.7. The third-order valence-corrected chi connectivity index (χ3v) is 5.85. The summed E-state index contributed by atoms with van der Waals surface area (Å²) in [5.41, 5.74) is 1.42. The normalized spacial score (nSPS) is 25.3. The first-order valence-corrected chi connectivity index (χ1v) is 10.5. The fourth-order valence-electron chi connectivity index (χ4n) is 3.74. The zero-order valence-electron chi connectivity index (χ0n) is 18.2. The molecule has 3 aromatic rings. The van der Waals surface area contributed by atoms with Crippen LogP contribution in [0.4, 0.5) is 0 Å². The molecular weight excluding hydrogens is 412 g/mol. The van der Waals surface area contributed by atoms with E-state index in [9.17, 15) is 9.90 Å². The van der Waals surface area contributed by atoms with Gasteiger partial charge in [-0.1, -0.05) is 44.2 Å². The molecule has 0 amide bonds. The Labute approximate surface area is 185 Å². The lowest BCUT2D eigenvalue weighted by Crippen LogP contribution is -2.48. The minimum Gasteiger partial charge on any atom is -0.497 e. The summed E-state index contributed by atoms with van der Waals surface area (Å²) in [4.78, 5) is 13.9. The van der Waals surface area contributed by atoms with E-state index in [0.717, 1.165) is 11.3 Å². The predicted octanol–water partition coefficient (Wildman–Crippen LogP) is 2.62. The minimum atomic E-state index is -1.30. The van der Waals surface area contributed by atoms with Crippen molar-refractivity contribution in [3.05, 3.63) is 71.5 Å². The maximum absolute atomic E-state index is 12.4. The Kier molecular flexibility index (Phi) is 6.48. The summed E-state index contributed by atoms with van der Waals surface area (Å²) < 4.78 is 16.5. The van der Waals surface area contributed by atoms with Gasteiger partial charge in [0, 0.05) is 5.92 Å². The molecule has 2 aromatic carbocycles. The number of carbonyl (C=O) groups is 1. The Morgan fingerprint density at radius 2 is 1.81 bits per heavy atom. The van der Waals surface area contributed by atoms with Crippen molar-refractivity contribution in [2.75, 3.05) is 7.11 Å². The fourth-order valence-corrected chi connectivity index (χ4v) is 3.74. The molecule has 32 heavy (non-hydrogen) atoms. The number of esters is 1. The number of rotatable bonds is 6. The largest absolute Gasteiger partial charge is 0.497 e. The van der Waals surface area contributed by atoms with Crippen LogP contribution >= 0.6 is 0 Å². The number of nitrogens with zero attached hydrogens (tertiary/aromatic N) is 4. The van der Waals surface area contributed by atoms with Crippen molar-refractivity contribution in [3.8, 4) is 5.75 Å². The third kappa shape index (κ3) is 4.63. The monoisotopic (exact) mass is 438 g/mol. The van der Waals surface area contributed by atoms with Crippen molar-refractivity contribution in [2.24, 2.45) is 11.8 Å². The SMILES string of the molecule is COc1ccc(Cn2nnc(C3OC(O)C(OC(=O)c4ccccc4)[C@@H](C)[C@H]3C)n2)cc1. The number of hydrogen-bond acceptors (Lipinski definition) is 8. The van der Waals surface area contributed by atoms with Crippen LogP contribution in [0.2, 0.25) is 0 Å². The van der Waals surface area contributed by atoms with Gasteiger partial charge in [-0.25, -0.2) is 4.79 Å². The number of aromatic nitrogens is 4. The molecule has 9 nitrogen and oxygen atoms in total. The van der Waals surface area contributed by atoms with Crippen molar-refractivity contribution in [3.63, 3.8) is 0 Å². The Bertz CT molecular complexity index is 1040. The van der Waals surface area contributed by atoms with Gasteiger partial charge in [0.25, 0.3) is 0 Å². The lowest BCUT2D eigenvalue weighted by Gasteiger charge is -2.40. The molecular formula is C23H26N4O5. The predicted molar refractivity (Wildman–Crippen MR) is 114 cm³/mol. The number of carbonyl (C=O) groups excluding carboxylic acids is 1. The smallest absolute Gasteiger partial charge is 0.338 e. The molecule has 1 fully saturated rings. The molecule has 9 heteroatoms. The highest BCUT2D eigenvalue weighted by Crippen LogP contribution is 2.39. The van der Waals surface area contributed by atoms with Crippen LogP contribution in [-0.4, -0.2) is 50.8 Å². The molecule has 0 spiro atoms. The second-order valence-corrected chi connectivity index (χ2v) is 7.93. The van der Waals surface area contributed by atoms with Crippen molar-refractivity contribution in [2.45, 2.75) is 38.9 Å². The van der Waals surface area contributed by atoms with E-state index in [1.165, 1.54) is 4.80 Å². The van der Waals surface area contributed by atoms with Gasteiger partial charge in [-0.3, -0.25) is 0 Å². The molecule has 5 atom stereocenters. The quantitative estimate of drug-likeness (QED) is 0.585. The van der Waals surface area contributed by atoms with Gasteiger partial charge in [-0.2, -0.15) is 4.80 Å². The number of aliphatic hydroxyl groups excluding tert-OH is 1. The van der Waals surface area contributed by atoms with Gasteiger partial charge in [0.1, 0.15) is 11.9 Å². The first kappa shape index (κ1) is 21.9. The van der Waals surface area contributed by atoms with Crippen LogP contribution in [0.15, 0.2) is 54.6 Å². The van der Waals surface area contributed by atoms with Gasteiger partial charge in [-0.05, 0) is 41.0 Å².